The summed E-state index contributed by atoms with van der Waals surface area (Å²) in [7, 11) is -3.98. The summed E-state index contributed by atoms with van der Waals surface area (Å²) in [6.45, 7) is 0. The maximum atomic E-state index is 13.4. The Morgan fingerprint density at radius 2 is 0.897 bits per heavy atom. The summed E-state index contributed by atoms with van der Waals surface area (Å²) in [6, 6.07) is 16.0. The molecule has 0 saturated carbocycles. The van der Waals surface area contributed by atoms with Crippen molar-refractivity contribution in [2.24, 2.45) is 33.2 Å². The van der Waals surface area contributed by atoms with Crippen molar-refractivity contribution < 1.29 is 188 Å². The number of carbonyl (C=O) groups is 6. The monoisotopic (exact) mass is 1140 g/mol. The maximum Gasteiger partial charge on any atom is 1.00 e. The molecule has 0 bridgehead atoms. The molecule has 4 aromatic heterocycles. The first-order valence-corrected chi connectivity index (χ1v) is 24.0. The SMILES string of the molecule is Cn1cc(N=C([O-])Nc2cc(C(=O)Nc3cc(C(=O)Nc4cc(C(=O)Nc5ccc6cc(C(=O)[O-])cc(C(=O)[O-])c6c5)n(C)c4)n(C)c3)n(C)c2)cc1C(=O)Nc1ccc2cc(S(=O)(=O)[O-])cc(S(=O)(=O)O)c2c1.[Na+].[Na+].[Na+].[Na+]. The van der Waals surface area contributed by atoms with Crippen LogP contribution >= 0.6 is 0 Å². The molecule has 0 saturated heterocycles. The molecule has 6 N–H and O–H groups in total. The van der Waals surface area contributed by atoms with E-state index in [9.17, 15) is 70.0 Å². The fourth-order valence-electron chi connectivity index (χ4n) is 7.91. The smallest absolute Gasteiger partial charge is 0.846 e. The van der Waals surface area contributed by atoms with Gasteiger partial charge in [0.1, 0.15) is 37.8 Å². The normalized spacial score (nSPS) is 11.3. The second-order valence-corrected chi connectivity index (χ2v) is 19.3. The molecule has 4 aromatic carbocycles. The van der Waals surface area contributed by atoms with Gasteiger partial charge in [-0.25, -0.2) is 13.4 Å². The van der Waals surface area contributed by atoms with Crippen LogP contribution in [-0.4, -0.2) is 85.8 Å². The van der Waals surface area contributed by atoms with Gasteiger partial charge in [-0.1, -0.05) is 12.1 Å². The molecule has 0 fully saturated rings. The van der Waals surface area contributed by atoms with E-state index in [1.54, 1.807) is 21.1 Å². The first-order chi connectivity index (χ1) is 34.7. The van der Waals surface area contributed by atoms with Crippen molar-refractivity contribution in [2.75, 3.05) is 26.6 Å². The molecule has 31 heteroatoms. The van der Waals surface area contributed by atoms with E-state index in [0.29, 0.717) is 6.07 Å². The Morgan fingerprint density at radius 1 is 0.487 bits per heavy atom. The number of rotatable bonds is 14. The van der Waals surface area contributed by atoms with Gasteiger partial charge in [0.25, 0.3) is 33.7 Å². The van der Waals surface area contributed by atoms with E-state index in [1.807, 2.05) is 0 Å². The van der Waals surface area contributed by atoms with Gasteiger partial charge in [-0.3, -0.25) is 23.7 Å². The number of carboxylic acids is 2. The molecule has 8 aromatic rings. The number of nitrogens with zero attached hydrogens (tertiary/aromatic N) is 5. The Morgan fingerprint density at radius 3 is 1.33 bits per heavy atom. The topological polar surface area (TPSA) is 375 Å². The van der Waals surface area contributed by atoms with Crippen LogP contribution in [0.15, 0.2) is 124 Å². The Kier molecular flexibility index (Phi) is 21.4. The van der Waals surface area contributed by atoms with Gasteiger partial charge >= 0.3 is 118 Å². The van der Waals surface area contributed by atoms with Crippen molar-refractivity contribution >= 4 is 117 Å². The van der Waals surface area contributed by atoms with Crippen LogP contribution in [0.4, 0.5) is 34.1 Å². The number of fused-ring (bicyclic) bond motifs is 2. The molecular formula is C47H36N10Na4O15S2. The molecule has 380 valence electrons. The average Bonchev–Trinajstić information content (AvgIpc) is 4.08. The number of amidine groups is 1. The minimum absolute atomic E-state index is 0. The van der Waals surface area contributed by atoms with Gasteiger partial charge in [0.2, 0.25) is 0 Å². The van der Waals surface area contributed by atoms with E-state index < -0.39 is 77.2 Å². The molecule has 25 nitrogen and oxygen atoms in total. The molecule has 0 aliphatic heterocycles. The number of aliphatic imine (C=N–C) groups is 1. The van der Waals surface area contributed by atoms with Crippen LogP contribution in [0.1, 0.15) is 62.7 Å². The van der Waals surface area contributed by atoms with Crippen molar-refractivity contribution in [2.45, 2.75) is 9.79 Å². The minimum Gasteiger partial charge on any atom is -0.846 e. The fraction of sp³-hybridized carbons (Fsp3) is 0.0851. The first kappa shape index (κ1) is 65.0. The number of amides is 4. The zero-order chi connectivity index (χ0) is 53.7. The van der Waals surface area contributed by atoms with E-state index in [1.165, 1.54) is 111 Å². The first-order valence-electron chi connectivity index (χ1n) is 21.2. The minimum atomic E-state index is -5.10. The summed E-state index contributed by atoms with van der Waals surface area (Å²) in [5.74, 6) is -5.79. The van der Waals surface area contributed by atoms with Gasteiger partial charge < -0.3 is 74.3 Å². The van der Waals surface area contributed by atoms with Crippen molar-refractivity contribution in [1.82, 2.24) is 18.3 Å². The standard InChI is InChI=1S/C47H40N10O15S2.4Na/c1-54-19-28(14-36(54)41(58)48-26-7-5-23-9-25(45(62)63)11-35(46(64)65)33(23)12-26)50-43(60)37-15-29(20-55(37)2)51-44(61)39-17-31(22-57(39)4)53-47(66)52-30-16-38(56(3)21-30)42(59)49-27-8-6-24-10-32(73(67,68)69)18-40(34(24)13-27)74(70,71)72;;;;/h5-22H,1-4H3,(H,48,58)(H,49,59)(H,50,60)(H,51,61)(H,62,63)(H,64,65)(H2,52,53,66)(H,67,68,69)(H,70,71,72);;;;/q;4*+1/p-4. The van der Waals surface area contributed by atoms with Crippen molar-refractivity contribution in [3.05, 3.63) is 144 Å². The number of carboxylic acid groups (broad SMARTS) is 2. The van der Waals surface area contributed by atoms with Crippen molar-refractivity contribution in [3.63, 3.8) is 0 Å². The quantitative estimate of drug-likeness (QED) is 0.0255. The molecule has 8 rings (SSSR count). The van der Waals surface area contributed by atoms with Crippen LogP contribution in [0.25, 0.3) is 21.5 Å². The number of anilines is 5. The van der Waals surface area contributed by atoms with E-state index in [2.05, 4.69) is 31.6 Å². The molecule has 0 aliphatic rings. The van der Waals surface area contributed by atoms with Gasteiger partial charge in [-0.05, 0) is 94.5 Å². The Balaban J connectivity index is 0.00000328. The van der Waals surface area contributed by atoms with Crippen LogP contribution in [0.5, 0.6) is 0 Å². The molecule has 4 heterocycles. The Bertz CT molecular complexity index is 4020. The number of aromatic nitrogens is 4. The zero-order valence-corrected chi connectivity index (χ0v) is 52.2. The van der Waals surface area contributed by atoms with Crippen LogP contribution in [-0.2, 0) is 48.4 Å². The predicted octanol–water partition coefficient (Wildman–Crippen LogP) is -10.3. The number of benzene rings is 4. The van der Waals surface area contributed by atoms with Crippen LogP contribution in [0, 0.1) is 0 Å². The fourth-order valence-corrected chi connectivity index (χ4v) is 9.25. The number of aryl methyl sites for hydroxylation is 4. The van der Waals surface area contributed by atoms with Gasteiger partial charge in [0.15, 0.2) is 0 Å². The Hall–Kier alpha value is -5.57. The van der Waals surface area contributed by atoms with E-state index in [-0.39, 0.29) is 202 Å². The van der Waals surface area contributed by atoms with Gasteiger partial charge in [0.05, 0.1) is 45.6 Å². The summed E-state index contributed by atoms with van der Waals surface area (Å²) in [4.78, 5) is 78.8. The van der Waals surface area contributed by atoms with Crippen LogP contribution in [0.3, 0.4) is 0 Å². The third-order valence-corrected chi connectivity index (χ3v) is 13.0. The molecule has 0 aliphatic carbocycles. The molecule has 0 radical (unpaired) electrons. The number of hydrogen-bond donors (Lipinski definition) is 6. The number of carbonyl (C=O) groups excluding carboxylic acids is 6. The second-order valence-electron chi connectivity index (χ2n) is 16.5. The summed E-state index contributed by atoms with van der Waals surface area (Å²) in [5.41, 5.74) is 0.389. The van der Waals surface area contributed by atoms with Crippen LogP contribution in [0.2, 0.25) is 0 Å². The average molecular weight is 1140 g/mol. The number of nitrogens with one attached hydrogen (secondary N) is 5. The van der Waals surface area contributed by atoms with Crippen molar-refractivity contribution in [3.8, 4) is 0 Å². The third kappa shape index (κ3) is 14.6. The van der Waals surface area contributed by atoms with E-state index >= 15 is 0 Å². The van der Waals surface area contributed by atoms with E-state index in [0.717, 1.165) is 18.2 Å². The predicted molar refractivity (Wildman–Crippen MR) is 259 cm³/mol. The summed E-state index contributed by atoms with van der Waals surface area (Å²) in [5, 5.41) is 49.4. The molecule has 78 heavy (non-hydrogen) atoms. The van der Waals surface area contributed by atoms with Gasteiger partial charge in [-0.2, -0.15) is 8.42 Å². The maximum absolute atomic E-state index is 13.4. The van der Waals surface area contributed by atoms with E-state index in [4.69, 9.17) is 0 Å². The summed E-state index contributed by atoms with van der Waals surface area (Å²) >= 11 is 0. The largest absolute Gasteiger partial charge is 1.00 e. The molecule has 0 spiro atoms. The molecule has 4 amide bonds. The van der Waals surface area contributed by atoms with Gasteiger partial charge in [0, 0.05) is 75.3 Å². The van der Waals surface area contributed by atoms with Gasteiger partial charge in [-0.15, -0.1) is 0 Å². The third-order valence-electron chi connectivity index (χ3n) is 11.3. The number of hydrogen-bond acceptors (Lipinski definition) is 15. The molecule has 0 atom stereocenters. The summed E-state index contributed by atoms with van der Waals surface area (Å²) < 4.78 is 74.3. The Labute approximate surface area is 531 Å². The second kappa shape index (κ2) is 25.7. The zero-order valence-electron chi connectivity index (χ0n) is 42.6. The number of aromatic carboxylic acids is 2. The summed E-state index contributed by atoms with van der Waals surface area (Å²) in [6.07, 6.45) is 5.76. The van der Waals surface area contributed by atoms with Crippen LogP contribution < -0.4 is 160 Å². The molecular weight excluding hydrogens is 1100 g/mol. The van der Waals surface area contributed by atoms with Crippen molar-refractivity contribution in [1.29, 1.82) is 0 Å². The molecule has 0 unspecified atom stereocenters.